The van der Waals surface area contributed by atoms with Crippen LogP contribution in [-0.2, 0) is 15.0 Å². The second kappa shape index (κ2) is 6.42. The molecule has 0 spiro atoms. The zero-order valence-electron chi connectivity index (χ0n) is 12.4. The van der Waals surface area contributed by atoms with Crippen LogP contribution in [0, 0.1) is 11.6 Å². The smallest absolute Gasteiger partial charge is 0.326 e. The van der Waals surface area contributed by atoms with E-state index < -0.39 is 35.0 Å². The van der Waals surface area contributed by atoms with Gasteiger partial charge in [-0.2, -0.15) is 0 Å². The highest BCUT2D eigenvalue weighted by atomic mass is 19.1. The SMILES string of the molecule is CCCC(NC(=O)C1(c2c(F)cccc2F)CCC1)C(=O)O. The van der Waals surface area contributed by atoms with Gasteiger partial charge in [0.25, 0.3) is 0 Å². The van der Waals surface area contributed by atoms with E-state index in [0.717, 1.165) is 12.1 Å². The number of hydrogen-bond donors (Lipinski definition) is 2. The van der Waals surface area contributed by atoms with Crippen molar-refractivity contribution >= 4 is 11.9 Å². The minimum atomic E-state index is -1.29. The number of benzene rings is 1. The predicted molar refractivity (Wildman–Crippen MR) is 76.4 cm³/mol. The number of carboxylic acids is 1. The fourth-order valence-electron chi connectivity index (χ4n) is 2.92. The summed E-state index contributed by atoms with van der Waals surface area (Å²) in [6.07, 6.45) is 2.16. The Balaban J connectivity index is 2.30. The average molecular weight is 311 g/mol. The molecule has 1 unspecified atom stereocenters. The highest BCUT2D eigenvalue weighted by Crippen LogP contribution is 2.46. The van der Waals surface area contributed by atoms with E-state index >= 15 is 0 Å². The topological polar surface area (TPSA) is 66.4 Å². The number of carbonyl (C=O) groups is 2. The second-order valence-corrected chi connectivity index (χ2v) is 5.69. The molecule has 2 N–H and O–H groups in total. The van der Waals surface area contributed by atoms with Crippen molar-refractivity contribution in [3.8, 4) is 0 Å². The summed E-state index contributed by atoms with van der Waals surface area (Å²) in [6, 6.07) is 2.44. The Labute approximate surface area is 127 Å². The molecule has 1 aromatic carbocycles. The Hall–Kier alpha value is -1.98. The van der Waals surface area contributed by atoms with E-state index in [0.29, 0.717) is 25.7 Å². The molecule has 1 aliphatic rings. The fraction of sp³-hybridized carbons (Fsp3) is 0.500. The molecule has 1 aromatic rings. The molecule has 0 aliphatic heterocycles. The maximum atomic E-state index is 14.0. The zero-order valence-corrected chi connectivity index (χ0v) is 12.4. The minimum absolute atomic E-state index is 0.251. The zero-order chi connectivity index (χ0) is 16.3. The molecule has 1 aliphatic carbocycles. The lowest BCUT2D eigenvalue weighted by molar-refractivity contribution is -0.143. The lowest BCUT2D eigenvalue weighted by Gasteiger charge is -2.41. The molecule has 4 nitrogen and oxygen atoms in total. The van der Waals surface area contributed by atoms with Gasteiger partial charge in [0.1, 0.15) is 17.7 Å². The van der Waals surface area contributed by atoms with Crippen LogP contribution in [0.15, 0.2) is 18.2 Å². The summed E-state index contributed by atoms with van der Waals surface area (Å²) in [6.45, 7) is 1.80. The van der Waals surface area contributed by atoms with E-state index in [1.54, 1.807) is 6.92 Å². The van der Waals surface area contributed by atoms with E-state index in [2.05, 4.69) is 5.32 Å². The van der Waals surface area contributed by atoms with Crippen molar-refractivity contribution in [3.63, 3.8) is 0 Å². The molecule has 22 heavy (non-hydrogen) atoms. The first-order chi connectivity index (χ1) is 10.4. The van der Waals surface area contributed by atoms with E-state index in [9.17, 15) is 18.4 Å². The number of carbonyl (C=O) groups excluding carboxylic acids is 1. The molecule has 1 atom stereocenters. The molecule has 1 saturated carbocycles. The van der Waals surface area contributed by atoms with Crippen molar-refractivity contribution in [2.24, 2.45) is 0 Å². The largest absolute Gasteiger partial charge is 0.480 e. The molecule has 0 bridgehead atoms. The number of rotatable bonds is 6. The fourth-order valence-corrected chi connectivity index (χ4v) is 2.92. The van der Waals surface area contributed by atoms with Gasteiger partial charge in [-0.25, -0.2) is 13.6 Å². The summed E-state index contributed by atoms with van der Waals surface area (Å²) in [4.78, 5) is 23.7. The van der Waals surface area contributed by atoms with Gasteiger partial charge in [-0.05, 0) is 31.4 Å². The first-order valence-electron chi connectivity index (χ1n) is 7.40. The first-order valence-corrected chi connectivity index (χ1v) is 7.40. The van der Waals surface area contributed by atoms with Gasteiger partial charge in [0.05, 0.1) is 5.41 Å². The minimum Gasteiger partial charge on any atom is -0.480 e. The number of amides is 1. The van der Waals surface area contributed by atoms with Crippen LogP contribution in [0.3, 0.4) is 0 Å². The van der Waals surface area contributed by atoms with Gasteiger partial charge in [0.2, 0.25) is 5.91 Å². The molecule has 1 amide bonds. The summed E-state index contributed by atoms with van der Waals surface area (Å²) in [5.74, 6) is -3.28. The van der Waals surface area contributed by atoms with Crippen LogP contribution in [0.25, 0.3) is 0 Å². The third-order valence-corrected chi connectivity index (χ3v) is 4.26. The van der Waals surface area contributed by atoms with Gasteiger partial charge in [0.15, 0.2) is 0 Å². The van der Waals surface area contributed by atoms with Gasteiger partial charge in [-0.1, -0.05) is 25.8 Å². The van der Waals surface area contributed by atoms with Crippen LogP contribution in [0.1, 0.15) is 44.6 Å². The van der Waals surface area contributed by atoms with Crippen LogP contribution in [0.5, 0.6) is 0 Å². The van der Waals surface area contributed by atoms with Crippen LogP contribution >= 0.6 is 0 Å². The summed E-state index contributed by atoms with van der Waals surface area (Å²) >= 11 is 0. The Morgan fingerprint density at radius 1 is 1.32 bits per heavy atom. The predicted octanol–water partition coefficient (Wildman–Crippen LogP) is 2.76. The van der Waals surface area contributed by atoms with E-state index in [1.807, 2.05) is 0 Å². The molecule has 0 aromatic heterocycles. The molecule has 6 heteroatoms. The van der Waals surface area contributed by atoms with Crippen molar-refractivity contribution in [2.75, 3.05) is 0 Å². The molecule has 0 radical (unpaired) electrons. The maximum Gasteiger partial charge on any atom is 0.326 e. The number of carboxylic acid groups (broad SMARTS) is 1. The van der Waals surface area contributed by atoms with Crippen LogP contribution < -0.4 is 5.32 Å². The summed E-state index contributed by atoms with van der Waals surface area (Å²) < 4.78 is 28.1. The highest BCUT2D eigenvalue weighted by molar-refractivity contribution is 5.92. The van der Waals surface area contributed by atoms with Crippen LogP contribution in [0.4, 0.5) is 8.78 Å². The molecule has 2 rings (SSSR count). The quantitative estimate of drug-likeness (QED) is 0.849. The second-order valence-electron chi connectivity index (χ2n) is 5.69. The molecule has 120 valence electrons. The van der Waals surface area contributed by atoms with E-state index in [-0.39, 0.29) is 12.0 Å². The van der Waals surface area contributed by atoms with Crippen molar-refractivity contribution in [2.45, 2.75) is 50.5 Å². The van der Waals surface area contributed by atoms with Gasteiger partial charge in [-0.3, -0.25) is 4.79 Å². The highest BCUT2D eigenvalue weighted by Gasteiger charge is 2.49. The van der Waals surface area contributed by atoms with Gasteiger partial charge < -0.3 is 10.4 Å². The molecular weight excluding hydrogens is 292 g/mol. The van der Waals surface area contributed by atoms with Crippen LogP contribution in [-0.4, -0.2) is 23.0 Å². The molecule has 0 heterocycles. The number of nitrogens with one attached hydrogen (secondary N) is 1. The Morgan fingerprint density at radius 3 is 2.32 bits per heavy atom. The average Bonchev–Trinajstić information content (AvgIpc) is 2.40. The van der Waals surface area contributed by atoms with Crippen LogP contribution in [0.2, 0.25) is 0 Å². The Kier molecular flexibility index (Phi) is 4.78. The first kappa shape index (κ1) is 16.4. The molecular formula is C16H19F2NO3. The summed E-state index contributed by atoms with van der Waals surface area (Å²) in [7, 11) is 0. The van der Waals surface area contributed by atoms with E-state index in [1.165, 1.54) is 6.07 Å². The molecule has 1 fully saturated rings. The van der Waals surface area contributed by atoms with Gasteiger partial charge >= 0.3 is 5.97 Å². The van der Waals surface area contributed by atoms with Crippen molar-refractivity contribution < 1.29 is 23.5 Å². The number of halogens is 2. The van der Waals surface area contributed by atoms with Crippen molar-refractivity contribution in [1.82, 2.24) is 5.32 Å². The Bertz CT molecular complexity index is 565. The number of aliphatic carboxylic acids is 1. The van der Waals surface area contributed by atoms with Crippen molar-refractivity contribution in [1.29, 1.82) is 0 Å². The van der Waals surface area contributed by atoms with Crippen molar-refractivity contribution in [3.05, 3.63) is 35.4 Å². The maximum absolute atomic E-state index is 14.0. The normalized spacial score (nSPS) is 17.4. The monoisotopic (exact) mass is 311 g/mol. The third-order valence-electron chi connectivity index (χ3n) is 4.26. The number of hydrogen-bond acceptors (Lipinski definition) is 2. The summed E-state index contributed by atoms with van der Waals surface area (Å²) in [5.41, 5.74) is -1.55. The lowest BCUT2D eigenvalue weighted by atomic mass is 9.63. The summed E-state index contributed by atoms with van der Waals surface area (Å²) in [5, 5.41) is 11.6. The standard InChI is InChI=1S/C16H19F2NO3/c1-2-5-12(14(20)21)19-15(22)16(8-4-9-16)13-10(17)6-3-7-11(13)18/h3,6-7,12H,2,4-5,8-9H2,1H3,(H,19,22)(H,20,21). The lowest BCUT2D eigenvalue weighted by Crippen LogP contribution is -2.54. The Morgan fingerprint density at radius 2 is 1.91 bits per heavy atom. The van der Waals surface area contributed by atoms with Gasteiger partial charge in [0, 0.05) is 5.56 Å². The van der Waals surface area contributed by atoms with Gasteiger partial charge in [-0.15, -0.1) is 0 Å². The third kappa shape index (κ3) is 2.82. The molecule has 0 saturated heterocycles. The van der Waals surface area contributed by atoms with E-state index in [4.69, 9.17) is 5.11 Å².